The Hall–Kier alpha value is -1.55. The van der Waals surface area contributed by atoms with Gasteiger partial charge in [0, 0.05) is 31.6 Å². The van der Waals surface area contributed by atoms with E-state index in [-0.39, 0.29) is 5.91 Å². The molecule has 2 rings (SSSR count). The van der Waals surface area contributed by atoms with E-state index < -0.39 is 0 Å². The van der Waals surface area contributed by atoms with Crippen molar-refractivity contribution in [2.45, 2.75) is 39.8 Å². The summed E-state index contributed by atoms with van der Waals surface area (Å²) >= 11 is 0. The van der Waals surface area contributed by atoms with Gasteiger partial charge in [0.25, 0.3) is 0 Å². The van der Waals surface area contributed by atoms with Crippen LogP contribution < -0.4 is 10.1 Å². The summed E-state index contributed by atoms with van der Waals surface area (Å²) in [5, 5.41) is 3.40. The van der Waals surface area contributed by atoms with Gasteiger partial charge in [0.15, 0.2) is 0 Å². The van der Waals surface area contributed by atoms with Crippen LogP contribution in [0.2, 0.25) is 0 Å². The zero-order valence-electron chi connectivity index (χ0n) is 13.3. The molecular weight excluding hydrogens is 264 g/mol. The van der Waals surface area contributed by atoms with Crippen LogP contribution >= 0.6 is 0 Å². The quantitative estimate of drug-likeness (QED) is 0.785. The minimum absolute atomic E-state index is 0.249. The highest BCUT2D eigenvalue weighted by molar-refractivity contribution is 5.78. The molecule has 4 nitrogen and oxygen atoms in total. The summed E-state index contributed by atoms with van der Waals surface area (Å²) in [6.07, 6.45) is 1.79. The summed E-state index contributed by atoms with van der Waals surface area (Å²) in [7, 11) is 1.68. The molecule has 0 spiro atoms. The number of ether oxygens (including phenoxy) is 1. The first kappa shape index (κ1) is 15.8. The lowest BCUT2D eigenvalue weighted by atomic mass is 10.1. The van der Waals surface area contributed by atoms with E-state index in [1.54, 1.807) is 7.11 Å². The maximum Gasteiger partial charge on any atom is 0.223 e. The van der Waals surface area contributed by atoms with Crippen LogP contribution in [0.15, 0.2) is 18.2 Å². The van der Waals surface area contributed by atoms with Crippen molar-refractivity contribution in [3.05, 3.63) is 29.3 Å². The van der Waals surface area contributed by atoms with Crippen LogP contribution in [0.1, 0.15) is 37.8 Å². The van der Waals surface area contributed by atoms with Gasteiger partial charge in [0.2, 0.25) is 5.91 Å². The first-order chi connectivity index (χ1) is 10.1. The van der Waals surface area contributed by atoms with Crippen LogP contribution in [0.5, 0.6) is 5.75 Å². The number of nitrogens with one attached hydrogen (secondary N) is 1. The van der Waals surface area contributed by atoms with E-state index in [1.165, 1.54) is 5.56 Å². The van der Waals surface area contributed by atoms with Crippen molar-refractivity contribution in [3.8, 4) is 5.75 Å². The van der Waals surface area contributed by atoms with E-state index in [2.05, 4.69) is 31.3 Å². The second-order valence-corrected chi connectivity index (χ2v) is 5.91. The molecule has 1 heterocycles. The lowest BCUT2D eigenvalue weighted by Crippen LogP contribution is -2.25. The Kier molecular flexibility index (Phi) is 5.62. The summed E-state index contributed by atoms with van der Waals surface area (Å²) in [6, 6.07) is 6.24. The van der Waals surface area contributed by atoms with E-state index in [1.807, 2.05) is 11.0 Å². The normalized spacial score (nSPS) is 18.3. The van der Waals surface area contributed by atoms with Crippen LogP contribution in [-0.4, -0.2) is 31.0 Å². The Balaban J connectivity index is 2.08. The van der Waals surface area contributed by atoms with Gasteiger partial charge in [-0.25, -0.2) is 0 Å². The van der Waals surface area contributed by atoms with Crippen molar-refractivity contribution in [1.29, 1.82) is 0 Å². The molecule has 1 N–H and O–H groups in total. The minimum atomic E-state index is 0.249. The van der Waals surface area contributed by atoms with Crippen molar-refractivity contribution in [3.63, 3.8) is 0 Å². The Labute approximate surface area is 127 Å². The topological polar surface area (TPSA) is 41.6 Å². The molecule has 1 aromatic rings. The molecule has 1 amide bonds. The van der Waals surface area contributed by atoms with E-state index in [9.17, 15) is 4.79 Å². The number of nitrogens with zero attached hydrogens (tertiary/aromatic N) is 1. The Morgan fingerprint density at radius 2 is 2.24 bits per heavy atom. The fourth-order valence-corrected chi connectivity index (χ4v) is 2.80. The van der Waals surface area contributed by atoms with Crippen molar-refractivity contribution >= 4 is 5.91 Å². The van der Waals surface area contributed by atoms with Crippen LogP contribution in [-0.2, 0) is 17.9 Å². The van der Waals surface area contributed by atoms with Crippen molar-refractivity contribution < 1.29 is 9.53 Å². The second kappa shape index (κ2) is 7.46. The van der Waals surface area contributed by atoms with E-state index in [4.69, 9.17) is 4.74 Å². The number of hydrogen-bond donors (Lipinski definition) is 1. The molecule has 1 fully saturated rings. The molecule has 1 aromatic carbocycles. The van der Waals surface area contributed by atoms with Gasteiger partial charge in [0.1, 0.15) is 5.75 Å². The highest BCUT2D eigenvalue weighted by atomic mass is 16.5. The molecule has 1 unspecified atom stereocenters. The maximum atomic E-state index is 12.0. The number of carbonyl (C=O) groups is 1. The van der Waals surface area contributed by atoms with Gasteiger partial charge in [-0.15, -0.1) is 0 Å². The van der Waals surface area contributed by atoms with Crippen LogP contribution in [0.4, 0.5) is 0 Å². The lowest BCUT2D eigenvalue weighted by molar-refractivity contribution is -0.128. The Morgan fingerprint density at radius 1 is 1.43 bits per heavy atom. The molecule has 0 aromatic heterocycles. The van der Waals surface area contributed by atoms with Crippen LogP contribution in [0.3, 0.4) is 0 Å². The van der Waals surface area contributed by atoms with Crippen LogP contribution in [0.25, 0.3) is 0 Å². The predicted molar refractivity (Wildman–Crippen MR) is 84.2 cm³/mol. The second-order valence-electron chi connectivity index (χ2n) is 5.91. The van der Waals surface area contributed by atoms with Gasteiger partial charge in [-0.2, -0.15) is 0 Å². The summed E-state index contributed by atoms with van der Waals surface area (Å²) in [5.41, 5.74) is 2.33. The minimum Gasteiger partial charge on any atom is -0.496 e. The molecule has 4 heteroatoms. The van der Waals surface area contributed by atoms with Crippen molar-refractivity contribution in [1.82, 2.24) is 10.2 Å². The third kappa shape index (κ3) is 4.21. The predicted octanol–water partition coefficient (Wildman–Crippen LogP) is 2.56. The summed E-state index contributed by atoms with van der Waals surface area (Å²) in [4.78, 5) is 13.9. The summed E-state index contributed by atoms with van der Waals surface area (Å²) in [5.74, 6) is 1.57. The van der Waals surface area contributed by atoms with Gasteiger partial charge in [-0.05, 0) is 36.6 Å². The molecule has 1 saturated heterocycles. The maximum absolute atomic E-state index is 12.0. The molecule has 1 aliphatic heterocycles. The first-order valence-electron chi connectivity index (χ1n) is 7.78. The van der Waals surface area contributed by atoms with Gasteiger partial charge in [-0.3, -0.25) is 4.79 Å². The number of rotatable bonds is 7. The number of hydrogen-bond acceptors (Lipinski definition) is 3. The van der Waals surface area contributed by atoms with E-state index in [0.29, 0.717) is 18.9 Å². The average molecular weight is 290 g/mol. The number of carbonyl (C=O) groups excluding carboxylic acids is 1. The molecular formula is C17H26N2O2. The third-order valence-corrected chi connectivity index (χ3v) is 3.87. The smallest absolute Gasteiger partial charge is 0.223 e. The molecule has 0 saturated carbocycles. The first-order valence-corrected chi connectivity index (χ1v) is 7.78. The molecule has 0 aliphatic carbocycles. The largest absolute Gasteiger partial charge is 0.496 e. The number of likely N-dealkylation sites (tertiary alicyclic amines) is 1. The van der Waals surface area contributed by atoms with E-state index in [0.717, 1.165) is 37.4 Å². The molecule has 0 bridgehead atoms. The Morgan fingerprint density at radius 3 is 2.86 bits per heavy atom. The SMILES string of the molecule is CCCNCc1ccc(OC)c(CN2CC(C)CC2=O)c1. The Bertz CT molecular complexity index is 488. The standard InChI is InChI=1S/C17H26N2O2/c1-4-7-18-10-14-5-6-16(21-3)15(9-14)12-19-11-13(2)8-17(19)20/h5-6,9,13,18H,4,7-8,10-12H2,1-3H3. The zero-order valence-corrected chi connectivity index (χ0v) is 13.3. The lowest BCUT2D eigenvalue weighted by Gasteiger charge is -2.19. The van der Waals surface area contributed by atoms with Gasteiger partial charge >= 0.3 is 0 Å². The fourth-order valence-electron chi connectivity index (χ4n) is 2.80. The summed E-state index contributed by atoms with van der Waals surface area (Å²) in [6.45, 7) is 7.65. The summed E-state index contributed by atoms with van der Waals surface area (Å²) < 4.78 is 5.44. The highest BCUT2D eigenvalue weighted by Gasteiger charge is 2.27. The highest BCUT2D eigenvalue weighted by Crippen LogP contribution is 2.25. The zero-order chi connectivity index (χ0) is 15.2. The molecule has 0 radical (unpaired) electrons. The fraction of sp³-hybridized carbons (Fsp3) is 0.588. The molecule has 21 heavy (non-hydrogen) atoms. The van der Waals surface area contributed by atoms with Gasteiger partial charge in [0.05, 0.1) is 7.11 Å². The number of amides is 1. The van der Waals surface area contributed by atoms with E-state index >= 15 is 0 Å². The monoisotopic (exact) mass is 290 g/mol. The van der Waals surface area contributed by atoms with Crippen molar-refractivity contribution in [2.24, 2.45) is 5.92 Å². The number of benzene rings is 1. The van der Waals surface area contributed by atoms with Gasteiger partial charge < -0.3 is 15.0 Å². The van der Waals surface area contributed by atoms with Crippen LogP contribution in [0, 0.1) is 5.92 Å². The van der Waals surface area contributed by atoms with Crippen molar-refractivity contribution in [2.75, 3.05) is 20.2 Å². The number of methoxy groups -OCH3 is 1. The van der Waals surface area contributed by atoms with Gasteiger partial charge in [-0.1, -0.05) is 19.9 Å². The molecule has 116 valence electrons. The third-order valence-electron chi connectivity index (χ3n) is 3.87. The molecule has 1 atom stereocenters. The molecule has 1 aliphatic rings. The average Bonchev–Trinajstić information content (AvgIpc) is 2.77.